The van der Waals surface area contributed by atoms with Gasteiger partial charge < -0.3 is 21.3 Å². The number of benzene rings is 1. The van der Waals surface area contributed by atoms with E-state index in [-0.39, 0.29) is 13.2 Å². The summed E-state index contributed by atoms with van der Waals surface area (Å²) in [6.07, 6.45) is 0.609. The van der Waals surface area contributed by atoms with Crippen LogP contribution in [-0.4, -0.2) is 17.8 Å². The summed E-state index contributed by atoms with van der Waals surface area (Å²) in [5.41, 5.74) is 12.3. The number of rotatable bonds is 5. The van der Waals surface area contributed by atoms with Crippen molar-refractivity contribution >= 4 is 6.09 Å². The molecule has 0 spiro atoms. The molecule has 1 aromatic rings. The van der Waals surface area contributed by atoms with E-state index in [9.17, 15) is 4.79 Å². The van der Waals surface area contributed by atoms with Crippen LogP contribution in [-0.2, 0) is 13.0 Å². The van der Waals surface area contributed by atoms with Gasteiger partial charge in [-0.2, -0.15) is 0 Å². The van der Waals surface area contributed by atoms with Crippen molar-refractivity contribution in [2.75, 3.05) is 6.61 Å². The second kappa shape index (κ2) is 6.09. The average Bonchev–Trinajstić information content (AvgIpc) is 2.27. The molecule has 0 aliphatic carbocycles. The largest absolute Gasteiger partial charge is 0.410 e. The maximum absolute atomic E-state index is 10.6. The molecular formula is C11H16N2O3. The van der Waals surface area contributed by atoms with Crippen molar-refractivity contribution < 1.29 is 14.6 Å². The van der Waals surface area contributed by atoms with E-state index in [0.717, 1.165) is 17.5 Å². The number of carbonyl (C=O) groups excluding carboxylic acids is 1. The van der Waals surface area contributed by atoms with Gasteiger partial charge in [-0.15, -0.1) is 0 Å². The van der Waals surface area contributed by atoms with Crippen LogP contribution < -0.4 is 16.2 Å². The van der Waals surface area contributed by atoms with Crippen LogP contribution in [0.2, 0.25) is 0 Å². The van der Waals surface area contributed by atoms with Crippen LogP contribution in [0.1, 0.15) is 17.5 Å². The molecule has 0 radical (unpaired) electrons. The summed E-state index contributed by atoms with van der Waals surface area (Å²) in [6.45, 7) is 0.424. The zero-order valence-electron chi connectivity index (χ0n) is 8.98. The van der Waals surface area contributed by atoms with Gasteiger partial charge in [0.05, 0.1) is 0 Å². The Morgan fingerprint density at radius 1 is 1.44 bits per heavy atom. The van der Waals surface area contributed by atoms with Crippen molar-refractivity contribution in [3.63, 3.8) is 0 Å². The summed E-state index contributed by atoms with van der Waals surface area (Å²) in [5.74, 6) is 0.391. The van der Waals surface area contributed by atoms with Crippen LogP contribution in [0.3, 0.4) is 0 Å². The van der Waals surface area contributed by atoms with Crippen molar-refractivity contribution in [3.05, 3.63) is 29.3 Å². The maximum Gasteiger partial charge on any atom is 0.409 e. The number of aliphatic hydroxyl groups excluding tert-OH is 1. The SMILES string of the molecule is NCc1cc(CCCO)ccc1OC(N)=O. The monoisotopic (exact) mass is 224 g/mol. The van der Waals surface area contributed by atoms with Crippen molar-refractivity contribution in [1.82, 2.24) is 0 Å². The summed E-state index contributed by atoms with van der Waals surface area (Å²) in [7, 11) is 0. The third kappa shape index (κ3) is 3.52. The van der Waals surface area contributed by atoms with Crippen LogP contribution in [0.15, 0.2) is 18.2 Å². The third-order valence-electron chi connectivity index (χ3n) is 2.18. The number of primary amides is 1. The molecule has 1 amide bonds. The first-order chi connectivity index (χ1) is 7.67. The number of aliphatic hydroxyl groups is 1. The molecule has 0 bridgehead atoms. The predicted molar refractivity (Wildman–Crippen MR) is 60.0 cm³/mol. The molecule has 0 saturated heterocycles. The predicted octanol–water partition coefficient (Wildman–Crippen LogP) is 0.528. The highest BCUT2D eigenvalue weighted by Gasteiger charge is 2.06. The van der Waals surface area contributed by atoms with E-state index >= 15 is 0 Å². The fourth-order valence-electron chi connectivity index (χ4n) is 1.44. The number of aryl methyl sites for hydroxylation is 1. The van der Waals surface area contributed by atoms with Gasteiger partial charge in [0.25, 0.3) is 0 Å². The highest BCUT2D eigenvalue weighted by molar-refractivity contribution is 5.68. The normalized spacial score (nSPS) is 10.1. The van der Waals surface area contributed by atoms with Gasteiger partial charge in [-0.1, -0.05) is 12.1 Å². The van der Waals surface area contributed by atoms with Gasteiger partial charge in [0.15, 0.2) is 0 Å². The lowest BCUT2D eigenvalue weighted by Crippen LogP contribution is -2.17. The first kappa shape index (κ1) is 12.5. The van der Waals surface area contributed by atoms with Gasteiger partial charge >= 0.3 is 6.09 Å². The molecule has 0 saturated carbocycles. The van der Waals surface area contributed by atoms with E-state index in [4.69, 9.17) is 21.3 Å². The number of carbonyl (C=O) groups is 1. The lowest BCUT2D eigenvalue weighted by atomic mass is 10.1. The van der Waals surface area contributed by atoms with E-state index < -0.39 is 6.09 Å². The van der Waals surface area contributed by atoms with Crippen molar-refractivity contribution in [1.29, 1.82) is 0 Å². The van der Waals surface area contributed by atoms with E-state index in [1.165, 1.54) is 0 Å². The molecule has 0 aliphatic heterocycles. The Balaban J connectivity index is 2.83. The first-order valence-corrected chi connectivity index (χ1v) is 5.07. The lowest BCUT2D eigenvalue weighted by molar-refractivity contribution is 0.210. The quantitative estimate of drug-likeness (QED) is 0.679. The fourth-order valence-corrected chi connectivity index (χ4v) is 1.44. The second-order valence-corrected chi connectivity index (χ2v) is 3.39. The summed E-state index contributed by atoms with van der Waals surface area (Å²) >= 11 is 0. The molecule has 5 N–H and O–H groups in total. The van der Waals surface area contributed by atoms with Gasteiger partial charge in [0.2, 0.25) is 0 Å². The molecule has 0 unspecified atom stereocenters. The van der Waals surface area contributed by atoms with Crippen LogP contribution in [0.25, 0.3) is 0 Å². The van der Waals surface area contributed by atoms with E-state index in [2.05, 4.69) is 0 Å². The third-order valence-corrected chi connectivity index (χ3v) is 2.18. The molecule has 0 atom stereocenters. The highest BCUT2D eigenvalue weighted by Crippen LogP contribution is 2.20. The Labute approximate surface area is 94.0 Å². The van der Waals surface area contributed by atoms with Gasteiger partial charge in [0.1, 0.15) is 5.75 Å². The summed E-state index contributed by atoms with van der Waals surface area (Å²) < 4.78 is 4.81. The van der Waals surface area contributed by atoms with Gasteiger partial charge in [-0.25, -0.2) is 4.79 Å². The zero-order chi connectivity index (χ0) is 12.0. The molecule has 88 valence electrons. The van der Waals surface area contributed by atoms with Crippen molar-refractivity contribution in [2.24, 2.45) is 11.5 Å². The molecular weight excluding hydrogens is 208 g/mol. The van der Waals surface area contributed by atoms with Gasteiger partial charge in [0, 0.05) is 18.7 Å². The Bertz CT molecular complexity index is 366. The van der Waals surface area contributed by atoms with Crippen LogP contribution in [0.4, 0.5) is 4.79 Å². The molecule has 5 nitrogen and oxygen atoms in total. The van der Waals surface area contributed by atoms with E-state index in [0.29, 0.717) is 12.2 Å². The molecule has 0 fully saturated rings. The summed E-state index contributed by atoms with van der Waals surface area (Å²) in [5, 5.41) is 8.72. The Morgan fingerprint density at radius 2 is 2.19 bits per heavy atom. The van der Waals surface area contributed by atoms with E-state index in [1.54, 1.807) is 6.07 Å². The number of hydrogen-bond donors (Lipinski definition) is 3. The minimum Gasteiger partial charge on any atom is -0.410 e. The first-order valence-electron chi connectivity index (χ1n) is 5.07. The summed E-state index contributed by atoms with van der Waals surface area (Å²) in [6, 6.07) is 5.35. The molecule has 1 aromatic carbocycles. The van der Waals surface area contributed by atoms with Crippen LogP contribution in [0.5, 0.6) is 5.75 Å². The number of hydrogen-bond acceptors (Lipinski definition) is 4. The van der Waals surface area contributed by atoms with Crippen molar-refractivity contribution in [3.8, 4) is 5.75 Å². The molecule has 1 rings (SSSR count). The molecule has 0 heterocycles. The number of nitrogens with two attached hydrogens (primary N) is 2. The van der Waals surface area contributed by atoms with Crippen LogP contribution >= 0.6 is 0 Å². The molecule has 0 aliphatic rings. The van der Waals surface area contributed by atoms with E-state index in [1.807, 2.05) is 12.1 Å². The standard InChI is InChI=1S/C11H16N2O3/c12-7-9-6-8(2-1-5-14)3-4-10(9)16-11(13)15/h3-4,6,14H,1-2,5,7,12H2,(H2,13,15). The minimum atomic E-state index is -0.849. The average molecular weight is 224 g/mol. The number of ether oxygens (including phenoxy) is 1. The van der Waals surface area contributed by atoms with Crippen LogP contribution in [0, 0.1) is 0 Å². The number of amides is 1. The topological polar surface area (TPSA) is 98.6 Å². The molecule has 5 heteroatoms. The summed E-state index contributed by atoms with van der Waals surface area (Å²) in [4.78, 5) is 10.6. The Hall–Kier alpha value is -1.59. The maximum atomic E-state index is 10.6. The lowest BCUT2D eigenvalue weighted by Gasteiger charge is -2.09. The zero-order valence-corrected chi connectivity index (χ0v) is 8.98. The Kier molecular flexibility index (Phi) is 4.75. The van der Waals surface area contributed by atoms with Crippen molar-refractivity contribution in [2.45, 2.75) is 19.4 Å². The molecule has 0 aromatic heterocycles. The smallest absolute Gasteiger partial charge is 0.409 e. The Morgan fingerprint density at radius 3 is 2.75 bits per heavy atom. The highest BCUT2D eigenvalue weighted by atomic mass is 16.5. The second-order valence-electron chi connectivity index (χ2n) is 3.39. The molecule has 16 heavy (non-hydrogen) atoms. The minimum absolute atomic E-state index is 0.150. The fraction of sp³-hybridized carbons (Fsp3) is 0.364. The van der Waals surface area contributed by atoms with Gasteiger partial charge in [-0.05, 0) is 24.5 Å². The van der Waals surface area contributed by atoms with Gasteiger partial charge in [-0.3, -0.25) is 0 Å².